The van der Waals surface area contributed by atoms with Crippen LogP contribution in [0.2, 0.25) is 0 Å². The van der Waals surface area contributed by atoms with Gasteiger partial charge in [0.1, 0.15) is 69.3 Å². The summed E-state index contributed by atoms with van der Waals surface area (Å²) in [6.45, 7) is 6.71. The number of aromatic hydroxyl groups is 6. The van der Waals surface area contributed by atoms with E-state index in [9.17, 15) is 40.2 Å². The van der Waals surface area contributed by atoms with E-state index in [0.29, 0.717) is 0 Å². The molecule has 10 heteroatoms. The lowest BCUT2D eigenvalue weighted by Gasteiger charge is -2.30. The fourth-order valence-electron chi connectivity index (χ4n) is 5.70. The molecule has 0 unspecified atom stereocenters. The fourth-order valence-corrected chi connectivity index (χ4v) is 5.70. The molecule has 0 spiro atoms. The maximum atomic E-state index is 13.0. The lowest BCUT2D eigenvalue weighted by atomic mass is 9.84. The van der Waals surface area contributed by atoms with Gasteiger partial charge >= 0.3 is 0 Å². The van der Waals surface area contributed by atoms with Crippen LogP contribution in [-0.4, -0.2) is 54.4 Å². The van der Waals surface area contributed by atoms with Gasteiger partial charge in [-0.2, -0.15) is 0 Å². The highest BCUT2D eigenvalue weighted by molar-refractivity contribution is 6.19. The number of carbonyl (C=O) groups excluding carboxylic acids is 2. The van der Waals surface area contributed by atoms with E-state index < -0.39 is 58.5 Å². The van der Waals surface area contributed by atoms with E-state index in [4.69, 9.17) is 9.47 Å². The van der Waals surface area contributed by atoms with Crippen LogP contribution >= 0.6 is 0 Å². The zero-order chi connectivity index (χ0) is 28.9. The Balaban J connectivity index is 1.76. The number of benzene rings is 4. The first-order valence-electron chi connectivity index (χ1n) is 12.7. The fraction of sp³-hybridized carbons (Fsp3) is 0.267. The number of carbonyl (C=O) groups is 2. The molecule has 6 N–H and O–H groups in total. The van der Waals surface area contributed by atoms with Crippen LogP contribution < -0.4 is 9.47 Å². The summed E-state index contributed by atoms with van der Waals surface area (Å²) in [6.07, 6.45) is -1.06. The Bertz CT molecular complexity index is 1690. The zero-order valence-electron chi connectivity index (χ0n) is 21.9. The van der Waals surface area contributed by atoms with Crippen molar-refractivity contribution >= 4 is 33.1 Å². The normalized spacial score (nSPS) is 22.1. The molecule has 4 aromatic carbocycles. The van der Waals surface area contributed by atoms with Crippen molar-refractivity contribution in [2.45, 2.75) is 39.9 Å². The molecule has 0 aromatic heterocycles. The van der Waals surface area contributed by atoms with Crippen LogP contribution in [0.1, 0.15) is 48.4 Å². The van der Waals surface area contributed by atoms with E-state index in [1.807, 2.05) is 0 Å². The number of fused-ring (bicyclic) bond motifs is 4. The zero-order valence-corrected chi connectivity index (χ0v) is 21.9. The van der Waals surface area contributed by atoms with Gasteiger partial charge in [0.05, 0.1) is 22.6 Å². The topological polar surface area (TPSA) is 174 Å². The molecule has 206 valence electrons. The summed E-state index contributed by atoms with van der Waals surface area (Å²) in [5.74, 6) is -5.10. The van der Waals surface area contributed by atoms with Crippen LogP contribution in [-0.2, 0) is 0 Å². The SMILES string of the molecule is C[C@@H]1Oc2cc3c(-c4c(O)cc(O)c5c(O)c6c(cc45)O[C@H](C)[C@@H](C)C6=O)c(O)cc(O)c3c(O)c2C(=O)[C@@H]1C. The highest BCUT2D eigenvalue weighted by Gasteiger charge is 2.38. The lowest BCUT2D eigenvalue weighted by Crippen LogP contribution is -2.33. The third kappa shape index (κ3) is 3.22. The monoisotopic (exact) mass is 546 g/mol. The molecular weight excluding hydrogens is 520 g/mol. The standard InChI is InChI=1S/C30H26O10/c1-9-11(3)39-19-5-13-21(15(31)7-17(33)23(13)29(37)25(19)27(9)35)22-14-6-20-26(28(36)10(2)12(4)40-20)30(38)24(14)18(34)8-16(22)32/h5-12,31-34,37-38H,1-4H3/t9-,10-,11-,12+/m1/s1. The van der Waals surface area contributed by atoms with E-state index >= 15 is 0 Å². The van der Waals surface area contributed by atoms with Crippen LogP contribution in [0.5, 0.6) is 46.0 Å². The second-order valence-electron chi connectivity index (χ2n) is 10.6. The molecule has 2 aliphatic heterocycles. The number of ether oxygens (including phenoxy) is 2. The molecule has 0 bridgehead atoms. The van der Waals surface area contributed by atoms with Crippen molar-refractivity contribution in [2.75, 3.05) is 0 Å². The van der Waals surface area contributed by atoms with Crippen molar-refractivity contribution in [1.82, 2.24) is 0 Å². The summed E-state index contributed by atoms with van der Waals surface area (Å²) < 4.78 is 11.8. The molecule has 0 saturated heterocycles. The number of rotatable bonds is 1. The molecular formula is C30H26O10. The van der Waals surface area contributed by atoms with Crippen LogP contribution in [0.15, 0.2) is 24.3 Å². The number of hydrogen-bond acceptors (Lipinski definition) is 10. The summed E-state index contributed by atoms with van der Waals surface area (Å²) >= 11 is 0. The second-order valence-corrected chi connectivity index (χ2v) is 10.6. The Morgan fingerprint density at radius 1 is 0.525 bits per heavy atom. The molecule has 4 aromatic rings. The molecule has 0 radical (unpaired) electrons. The minimum absolute atomic E-state index is 0.0155. The van der Waals surface area contributed by atoms with Gasteiger partial charge in [-0.3, -0.25) is 9.59 Å². The average molecular weight is 547 g/mol. The Labute approximate surface area is 227 Å². The van der Waals surface area contributed by atoms with Crippen molar-refractivity contribution in [3.05, 3.63) is 35.4 Å². The quantitative estimate of drug-likeness (QED) is 0.189. The molecule has 0 aliphatic carbocycles. The van der Waals surface area contributed by atoms with Crippen molar-refractivity contribution in [2.24, 2.45) is 11.8 Å². The number of phenols is 6. The summed E-state index contributed by atoms with van der Waals surface area (Å²) in [5, 5.41) is 65.7. The van der Waals surface area contributed by atoms with Gasteiger partial charge in [0.2, 0.25) is 0 Å². The largest absolute Gasteiger partial charge is 0.507 e. The third-order valence-corrected chi connectivity index (χ3v) is 8.24. The molecule has 10 nitrogen and oxygen atoms in total. The molecule has 6 rings (SSSR count). The lowest BCUT2D eigenvalue weighted by molar-refractivity contribution is 0.0716. The van der Waals surface area contributed by atoms with E-state index in [2.05, 4.69) is 0 Å². The van der Waals surface area contributed by atoms with Crippen LogP contribution in [0, 0.1) is 11.8 Å². The first-order valence-corrected chi connectivity index (χ1v) is 12.7. The Hall–Kier alpha value is -4.86. The van der Waals surface area contributed by atoms with Gasteiger partial charge in [-0.25, -0.2) is 0 Å². The molecule has 0 saturated carbocycles. The van der Waals surface area contributed by atoms with Crippen molar-refractivity contribution in [3.63, 3.8) is 0 Å². The van der Waals surface area contributed by atoms with Crippen molar-refractivity contribution in [3.8, 4) is 57.1 Å². The average Bonchev–Trinajstić information content (AvgIpc) is 2.86. The minimum Gasteiger partial charge on any atom is -0.507 e. The van der Waals surface area contributed by atoms with Crippen LogP contribution in [0.4, 0.5) is 0 Å². The van der Waals surface area contributed by atoms with Crippen LogP contribution in [0.25, 0.3) is 32.7 Å². The molecule has 4 atom stereocenters. The molecule has 40 heavy (non-hydrogen) atoms. The van der Waals surface area contributed by atoms with Gasteiger partial charge in [-0.15, -0.1) is 0 Å². The summed E-state index contributed by atoms with van der Waals surface area (Å²) in [4.78, 5) is 26.1. The molecule has 0 amide bonds. The first-order chi connectivity index (χ1) is 18.8. The summed E-state index contributed by atoms with van der Waals surface area (Å²) in [7, 11) is 0. The Kier molecular flexibility index (Phi) is 5.29. The highest BCUT2D eigenvalue weighted by Crippen LogP contribution is 2.55. The van der Waals surface area contributed by atoms with E-state index in [0.717, 1.165) is 12.1 Å². The number of Topliss-reactive ketones (excluding diaryl/α,β-unsaturated/α-hetero) is 2. The van der Waals surface area contributed by atoms with Gasteiger partial charge in [-0.05, 0) is 26.0 Å². The van der Waals surface area contributed by atoms with E-state index in [-0.39, 0.29) is 66.9 Å². The van der Waals surface area contributed by atoms with Crippen molar-refractivity contribution in [1.29, 1.82) is 0 Å². The number of phenolic OH excluding ortho intramolecular Hbond substituents is 6. The van der Waals surface area contributed by atoms with E-state index in [1.165, 1.54) is 12.1 Å². The van der Waals surface area contributed by atoms with Gasteiger partial charge in [0, 0.05) is 34.0 Å². The summed E-state index contributed by atoms with van der Waals surface area (Å²) in [5.41, 5.74) is -0.435. The van der Waals surface area contributed by atoms with Crippen LogP contribution in [0.3, 0.4) is 0 Å². The second kappa shape index (κ2) is 8.32. The van der Waals surface area contributed by atoms with Crippen molar-refractivity contribution < 1.29 is 49.7 Å². The smallest absolute Gasteiger partial charge is 0.176 e. The maximum absolute atomic E-state index is 13.0. The number of ketones is 2. The predicted octanol–water partition coefficient (Wildman–Crippen LogP) is 5.09. The minimum atomic E-state index is -0.568. The maximum Gasteiger partial charge on any atom is 0.176 e. The molecule has 0 fully saturated rings. The Morgan fingerprint density at radius 2 is 0.875 bits per heavy atom. The predicted molar refractivity (Wildman–Crippen MR) is 144 cm³/mol. The number of hydrogen-bond donors (Lipinski definition) is 6. The van der Waals surface area contributed by atoms with Gasteiger partial charge in [-0.1, -0.05) is 13.8 Å². The van der Waals surface area contributed by atoms with Gasteiger partial charge < -0.3 is 40.1 Å². The first kappa shape index (κ1) is 25.4. The third-order valence-electron chi connectivity index (χ3n) is 8.24. The molecule has 2 heterocycles. The Morgan fingerprint density at radius 3 is 1.23 bits per heavy atom. The highest BCUT2D eigenvalue weighted by atomic mass is 16.5. The van der Waals surface area contributed by atoms with Gasteiger partial charge in [0.25, 0.3) is 0 Å². The van der Waals surface area contributed by atoms with Gasteiger partial charge in [0.15, 0.2) is 11.6 Å². The van der Waals surface area contributed by atoms with E-state index in [1.54, 1.807) is 27.7 Å². The summed E-state index contributed by atoms with van der Waals surface area (Å²) in [6, 6.07) is 4.65. The molecule has 2 aliphatic rings.